The van der Waals surface area contributed by atoms with Gasteiger partial charge in [0.15, 0.2) is 0 Å². The smallest absolute Gasteiger partial charge is 0.410 e. The first kappa shape index (κ1) is 16.8. The van der Waals surface area contributed by atoms with Gasteiger partial charge in [0.2, 0.25) is 0 Å². The highest BCUT2D eigenvalue weighted by atomic mass is 79.9. The molecule has 1 aliphatic rings. The number of hydrogen-bond acceptors (Lipinski definition) is 3. The Labute approximate surface area is 142 Å². The molecule has 0 radical (unpaired) electrons. The third kappa shape index (κ3) is 4.20. The SMILES string of the molecule is CC(C)(C)OC(=O)N1CC[C@@H](N)c2c(Br)cc(Br)cc2C1. The third-order valence-corrected chi connectivity index (χ3v) is 4.39. The van der Waals surface area contributed by atoms with E-state index in [2.05, 4.69) is 31.9 Å². The third-order valence-electron chi connectivity index (χ3n) is 3.27. The standard InChI is InChI=1S/C15H20Br2N2O2/c1-15(2,3)21-14(20)19-5-4-12(18)13-9(8-19)6-10(16)7-11(13)17/h6-7,12H,4-5,8,18H2,1-3H3/t12-/m1/s1. The minimum Gasteiger partial charge on any atom is -0.444 e. The van der Waals surface area contributed by atoms with Crippen molar-refractivity contribution in [3.63, 3.8) is 0 Å². The highest BCUT2D eigenvalue weighted by Crippen LogP contribution is 2.34. The molecular formula is C15H20Br2N2O2. The number of carbonyl (C=O) groups is 1. The van der Waals surface area contributed by atoms with Crippen molar-refractivity contribution in [3.05, 3.63) is 32.2 Å². The van der Waals surface area contributed by atoms with Crippen LogP contribution >= 0.6 is 31.9 Å². The number of rotatable bonds is 0. The molecule has 0 saturated heterocycles. The summed E-state index contributed by atoms with van der Waals surface area (Å²) in [7, 11) is 0. The molecule has 1 aromatic carbocycles. The van der Waals surface area contributed by atoms with Gasteiger partial charge in [-0.3, -0.25) is 0 Å². The Hall–Kier alpha value is -0.590. The quantitative estimate of drug-likeness (QED) is 0.679. The van der Waals surface area contributed by atoms with Crippen LogP contribution in [0.2, 0.25) is 0 Å². The molecule has 2 rings (SSSR count). The maximum atomic E-state index is 12.3. The van der Waals surface area contributed by atoms with E-state index in [1.807, 2.05) is 32.9 Å². The summed E-state index contributed by atoms with van der Waals surface area (Å²) in [6, 6.07) is 3.92. The Morgan fingerprint density at radius 2 is 2.05 bits per heavy atom. The van der Waals surface area contributed by atoms with Crippen LogP contribution in [-0.2, 0) is 11.3 Å². The van der Waals surface area contributed by atoms with Crippen LogP contribution in [0.4, 0.5) is 4.79 Å². The lowest BCUT2D eigenvalue weighted by atomic mass is 10.0. The molecular weight excluding hydrogens is 400 g/mol. The van der Waals surface area contributed by atoms with Crippen molar-refractivity contribution in [3.8, 4) is 0 Å². The highest BCUT2D eigenvalue weighted by Gasteiger charge is 2.28. The molecule has 116 valence electrons. The summed E-state index contributed by atoms with van der Waals surface area (Å²) in [5.41, 5.74) is 7.89. The van der Waals surface area contributed by atoms with Gasteiger partial charge in [-0.2, -0.15) is 0 Å². The van der Waals surface area contributed by atoms with Gasteiger partial charge in [-0.05, 0) is 50.5 Å². The molecule has 21 heavy (non-hydrogen) atoms. The van der Waals surface area contributed by atoms with Crippen LogP contribution < -0.4 is 5.73 Å². The minimum atomic E-state index is -0.494. The van der Waals surface area contributed by atoms with Crippen LogP contribution in [0.25, 0.3) is 0 Å². The number of nitrogens with zero attached hydrogens (tertiary/aromatic N) is 1. The average Bonchev–Trinajstić information content (AvgIpc) is 2.46. The van der Waals surface area contributed by atoms with Crippen molar-refractivity contribution in [1.82, 2.24) is 4.90 Å². The molecule has 4 nitrogen and oxygen atoms in total. The summed E-state index contributed by atoms with van der Waals surface area (Å²) < 4.78 is 7.41. The Balaban J connectivity index is 2.29. The maximum absolute atomic E-state index is 12.3. The topological polar surface area (TPSA) is 55.6 Å². The van der Waals surface area contributed by atoms with Crippen molar-refractivity contribution >= 4 is 38.0 Å². The van der Waals surface area contributed by atoms with E-state index in [9.17, 15) is 4.79 Å². The lowest BCUT2D eigenvalue weighted by Crippen LogP contribution is -2.36. The molecule has 1 aromatic rings. The lowest BCUT2D eigenvalue weighted by molar-refractivity contribution is 0.0235. The van der Waals surface area contributed by atoms with E-state index in [-0.39, 0.29) is 12.1 Å². The number of hydrogen-bond donors (Lipinski definition) is 1. The van der Waals surface area contributed by atoms with Crippen LogP contribution in [-0.4, -0.2) is 23.1 Å². The highest BCUT2D eigenvalue weighted by molar-refractivity contribution is 9.11. The number of ether oxygens (including phenoxy) is 1. The number of nitrogens with two attached hydrogens (primary N) is 1. The second kappa shape index (κ2) is 6.26. The molecule has 0 unspecified atom stereocenters. The Bertz CT molecular complexity index is 555. The van der Waals surface area contributed by atoms with Gasteiger partial charge < -0.3 is 15.4 Å². The van der Waals surface area contributed by atoms with E-state index >= 15 is 0 Å². The monoisotopic (exact) mass is 418 g/mol. The molecule has 1 amide bonds. The second-order valence-corrected chi connectivity index (χ2v) is 8.03. The normalized spacial score (nSPS) is 19.0. The summed E-state index contributed by atoms with van der Waals surface area (Å²) in [6.45, 7) is 6.71. The number of fused-ring (bicyclic) bond motifs is 1. The molecule has 1 atom stereocenters. The zero-order valence-corrected chi connectivity index (χ0v) is 15.6. The van der Waals surface area contributed by atoms with Crippen molar-refractivity contribution in [1.29, 1.82) is 0 Å². The molecule has 0 aromatic heterocycles. The van der Waals surface area contributed by atoms with Gasteiger partial charge >= 0.3 is 6.09 Å². The van der Waals surface area contributed by atoms with Crippen LogP contribution in [0.3, 0.4) is 0 Å². The fraction of sp³-hybridized carbons (Fsp3) is 0.533. The Kier molecular flexibility index (Phi) is 5.00. The summed E-state index contributed by atoms with van der Waals surface area (Å²) in [5, 5.41) is 0. The lowest BCUT2D eigenvalue weighted by Gasteiger charge is -2.26. The maximum Gasteiger partial charge on any atom is 0.410 e. The molecule has 1 aliphatic heterocycles. The van der Waals surface area contributed by atoms with Crippen molar-refractivity contribution in [2.75, 3.05) is 6.54 Å². The summed E-state index contributed by atoms with van der Waals surface area (Å²) in [4.78, 5) is 14.0. The van der Waals surface area contributed by atoms with Crippen molar-refractivity contribution < 1.29 is 9.53 Å². The van der Waals surface area contributed by atoms with E-state index in [1.54, 1.807) is 4.90 Å². The fourth-order valence-corrected chi connectivity index (χ4v) is 4.00. The van der Waals surface area contributed by atoms with E-state index in [1.165, 1.54) is 0 Å². The first-order chi connectivity index (χ1) is 9.67. The largest absolute Gasteiger partial charge is 0.444 e. The second-order valence-electron chi connectivity index (χ2n) is 6.26. The van der Waals surface area contributed by atoms with E-state index in [0.717, 1.165) is 20.1 Å². The zero-order chi connectivity index (χ0) is 15.8. The van der Waals surface area contributed by atoms with Crippen LogP contribution in [0.1, 0.15) is 44.4 Å². The summed E-state index contributed by atoms with van der Waals surface area (Å²) in [6.07, 6.45) is 0.422. The van der Waals surface area contributed by atoms with Crippen LogP contribution in [0, 0.1) is 0 Å². The van der Waals surface area contributed by atoms with Crippen molar-refractivity contribution in [2.24, 2.45) is 5.73 Å². The predicted octanol–water partition coefficient (Wildman–Crippen LogP) is 4.35. The van der Waals surface area contributed by atoms with Crippen LogP contribution in [0.5, 0.6) is 0 Å². The molecule has 0 spiro atoms. The molecule has 2 N–H and O–H groups in total. The Morgan fingerprint density at radius 1 is 1.38 bits per heavy atom. The minimum absolute atomic E-state index is 0.0880. The van der Waals surface area contributed by atoms with Gasteiger partial charge in [0.25, 0.3) is 0 Å². The Morgan fingerprint density at radius 3 is 2.67 bits per heavy atom. The van der Waals surface area contributed by atoms with Gasteiger partial charge in [0.05, 0.1) is 0 Å². The molecule has 1 heterocycles. The van der Waals surface area contributed by atoms with E-state index < -0.39 is 5.60 Å². The molecule has 0 fully saturated rings. The van der Waals surface area contributed by atoms with Gasteiger partial charge in [0, 0.05) is 28.1 Å². The fourth-order valence-electron chi connectivity index (χ4n) is 2.39. The number of halogens is 2. The number of carbonyl (C=O) groups excluding carboxylic acids is 1. The zero-order valence-electron chi connectivity index (χ0n) is 12.5. The first-order valence-electron chi connectivity index (χ1n) is 6.88. The van der Waals surface area contributed by atoms with Crippen molar-refractivity contribution in [2.45, 2.75) is 45.4 Å². The first-order valence-corrected chi connectivity index (χ1v) is 8.47. The van der Waals surface area contributed by atoms with E-state index in [4.69, 9.17) is 10.5 Å². The van der Waals surface area contributed by atoms with Gasteiger partial charge in [-0.25, -0.2) is 4.79 Å². The summed E-state index contributed by atoms with van der Waals surface area (Å²) >= 11 is 7.06. The van der Waals surface area contributed by atoms with Gasteiger partial charge in [0.1, 0.15) is 5.60 Å². The summed E-state index contributed by atoms with van der Waals surface area (Å²) in [5.74, 6) is 0. The average molecular weight is 420 g/mol. The van der Waals surface area contributed by atoms with E-state index in [0.29, 0.717) is 19.5 Å². The molecule has 0 aliphatic carbocycles. The van der Waals surface area contributed by atoms with Gasteiger partial charge in [-0.1, -0.05) is 31.9 Å². The predicted molar refractivity (Wildman–Crippen MR) is 90.0 cm³/mol. The number of benzene rings is 1. The molecule has 6 heteroatoms. The number of amides is 1. The van der Waals surface area contributed by atoms with Gasteiger partial charge in [-0.15, -0.1) is 0 Å². The molecule has 0 saturated carbocycles. The van der Waals surface area contributed by atoms with Crippen LogP contribution in [0.15, 0.2) is 21.1 Å². The molecule has 0 bridgehead atoms.